The van der Waals surface area contributed by atoms with Gasteiger partial charge in [0.15, 0.2) is 0 Å². The third kappa shape index (κ3) is 5.36. The second-order valence-electron chi connectivity index (χ2n) is 9.01. The average Bonchev–Trinajstić information content (AvgIpc) is 3.33. The molecule has 1 aliphatic heterocycles. The molecule has 1 aliphatic rings. The van der Waals surface area contributed by atoms with E-state index < -0.39 is 5.60 Å². The quantitative estimate of drug-likeness (QED) is 0.513. The molecular weight excluding hydrogens is 436 g/mol. The average molecular weight is 465 g/mol. The third-order valence-corrected chi connectivity index (χ3v) is 5.33. The van der Waals surface area contributed by atoms with E-state index >= 15 is 0 Å². The van der Waals surface area contributed by atoms with E-state index in [1.165, 1.54) is 0 Å². The topological polar surface area (TPSA) is 123 Å². The van der Waals surface area contributed by atoms with E-state index in [-0.39, 0.29) is 29.6 Å². The standard InChI is InChI=1S/C23H28N8O3/c1-23(2,3)33-22(32)31-13-11-15(12-14-31)19-25-18(29-34-19)17-26-20(24-4)28-21(27-17)30(5)16-9-7-6-8-10-16/h6-10,15H,4,11-14H2,1-3,5H3. The van der Waals surface area contributed by atoms with Crippen LogP contribution in [0.3, 0.4) is 0 Å². The number of nitrogens with zero attached hydrogens (tertiary/aromatic N) is 8. The highest BCUT2D eigenvalue weighted by Gasteiger charge is 2.30. The molecule has 1 aromatic carbocycles. The number of ether oxygens (including phenoxy) is 1. The molecule has 34 heavy (non-hydrogen) atoms. The molecule has 0 unspecified atom stereocenters. The van der Waals surface area contributed by atoms with Gasteiger partial charge in [-0.3, -0.25) is 0 Å². The first-order valence-corrected chi connectivity index (χ1v) is 11.1. The van der Waals surface area contributed by atoms with Gasteiger partial charge in [0.1, 0.15) is 5.60 Å². The van der Waals surface area contributed by atoms with E-state index in [0.717, 1.165) is 5.69 Å². The number of likely N-dealkylation sites (tertiary alicyclic amines) is 1. The maximum Gasteiger partial charge on any atom is 0.410 e. The molecule has 1 saturated heterocycles. The predicted molar refractivity (Wildman–Crippen MR) is 127 cm³/mol. The number of carbonyl (C=O) groups is 1. The Labute approximate surface area is 197 Å². The summed E-state index contributed by atoms with van der Waals surface area (Å²) in [6.45, 7) is 10.2. The van der Waals surface area contributed by atoms with Crippen molar-refractivity contribution in [3.8, 4) is 11.6 Å². The summed E-state index contributed by atoms with van der Waals surface area (Å²) in [4.78, 5) is 37.4. The van der Waals surface area contributed by atoms with Crippen molar-refractivity contribution in [2.45, 2.75) is 45.1 Å². The van der Waals surface area contributed by atoms with Crippen LogP contribution in [0.15, 0.2) is 39.8 Å². The predicted octanol–water partition coefficient (Wildman–Crippen LogP) is 4.14. The van der Waals surface area contributed by atoms with Crippen LogP contribution in [-0.2, 0) is 4.74 Å². The first-order valence-electron chi connectivity index (χ1n) is 11.1. The zero-order valence-corrected chi connectivity index (χ0v) is 19.8. The molecule has 3 heterocycles. The second kappa shape index (κ2) is 9.54. The Morgan fingerprint density at radius 2 is 1.82 bits per heavy atom. The number of aromatic nitrogens is 5. The van der Waals surface area contributed by atoms with Gasteiger partial charge in [0, 0.05) is 31.7 Å². The Balaban J connectivity index is 1.49. The molecule has 0 radical (unpaired) electrons. The lowest BCUT2D eigenvalue weighted by atomic mass is 9.97. The van der Waals surface area contributed by atoms with E-state index in [4.69, 9.17) is 9.26 Å². The molecule has 2 aromatic heterocycles. The summed E-state index contributed by atoms with van der Waals surface area (Å²) in [7, 11) is 1.85. The molecule has 11 nitrogen and oxygen atoms in total. The van der Waals surface area contributed by atoms with Gasteiger partial charge in [-0.1, -0.05) is 23.4 Å². The van der Waals surface area contributed by atoms with Gasteiger partial charge < -0.3 is 19.1 Å². The van der Waals surface area contributed by atoms with Crippen LogP contribution in [0, 0.1) is 0 Å². The highest BCUT2D eigenvalue weighted by Crippen LogP contribution is 2.29. The second-order valence-corrected chi connectivity index (χ2v) is 9.01. The lowest BCUT2D eigenvalue weighted by Crippen LogP contribution is -2.41. The molecule has 0 spiro atoms. The van der Waals surface area contributed by atoms with E-state index in [2.05, 4.69) is 36.8 Å². The summed E-state index contributed by atoms with van der Waals surface area (Å²) in [5, 5.41) is 4.09. The van der Waals surface area contributed by atoms with Gasteiger partial charge in [-0.05, 0) is 52.5 Å². The van der Waals surface area contributed by atoms with Crippen molar-refractivity contribution in [3.63, 3.8) is 0 Å². The zero-order valence-electron chi connectivity index (χ0n) is 19.8. The Bertz CT molecular complexity index is 1150. The van der Waals surface area contributed by atoms with Crippen molar-refractivity contribution in [2.75, 3.05) is 25.0 Å². The van der Waals surface area contributed by atoms with Crippen LogP contribution in [0.25, 0.3) is 11.6 Å². The Hall–Kier alpha value is -3.89. The number of benzene rings is 1. The summed E-state index contributed by atoms with van der Waals surface area (Å²) < 4.78 is 11.0. The molecule has 11 heteroatoms. The summed E-state index contributed by atoms with van der Waals surface area (Å²) in [6.07, 6.45) is 1.08. The summed E-state index contributed by atoms with van der Waals surface area (Å²) >= 11 is 0. The molecular formula is C23H28N8O3. The molecule has 1 amide bonds. The number of anilines is 2. The fourth-order valence-electron chi connectivity index (χ4n) is 3.57. The van der Waals surface area contributed by atoms with Crippen molar-refractivity contribution >= 4 is 30.4 Å². The first-order chi connectivity index (χ1) is 16.2. The van der Waals surface area contributed by atoms with E-state index in [1.807, 2.05) is 63.1 Å². The third-order valence-electron chi connectivity index (χ3n) is 5.33. The van der Waals surface area contributed by atoms with Crippen molar-refractivity contribution in [1.29, 1.82) is 0 Å². The fourth-order valence-corrected chi connectivity index (χ4v) is 3.57. The van der Waals surface area contributed by atoms with Crippen LogP contribution in [0.5, 0.6) is 0 Å². The number of piperidine rings is 1. The van der Waals surface area contributed by atoms with E-state index in [9.17, 15) is 4.79 Å². The van der Waals surface area contributed by atoms with Gasteiger partial charge in [-0.2, -0.15) is 19.9 Å². The van der Waals surface area contributed by atoms with Crippen molar-refractivity contribution in [2.24, 2.45) is 4.99 Å². The number of aliphatic imine (C=N–C) groups is 1. The van der Waals surface area contributed by atoms with Crippen molar-refractivity contribution < 1.29 is 14.1 Å². The van der Waals surface area contributed by atoms with Gasteiger partial charge in [-0.25, -0.2) is 9.79 Å². The van der Waals surface area contributed by atoms with Gasteiger partial charge in [0.05, 0.1) is 0 Å². The number of hydrogen-bond acceptors (Lipinski definition) is 10. The number of carbonyl (C=O) groups excluding carboxylic acids is 1. The number of amides is 1. The molecule has 1 fully saturated rings. The molecule has 3 aromatic rings. The number of para-hydroxylation sites is 1. The normalized spacial score (nSPS) is 14.6. The molecule has 0 aliphatic carbocycles. The summed E-state index contributed by atoms with van der Waals surface area (Å²) in [5.74, 6) is 1.57. The van der Waals surface area contributed by atoms with Gasteiger partial charge in [0.2, 0.25) is 23.5 Å². The zero-order chi connectivity index (χ0) is 24.3. The number of hydrogen-bond donors (Lipinski definition) is 0. The van der Waals surface area contributed by atoms with Crippen molar-refractivity contribution in [1.82, 2.24) is 30.0 Å². The highest BCUT2D eigenvalue weighted by molar-refractivity contribution is 5.68. The first kappa shape index (κ1) is 23.3. The monoisotopic (exact) mass is 464 g/mol. The van der Waals surface area contributed by atoms with Crippen LogP contribution in [0.1, 0.15) is 45.4 Å². The minimum absolute atomic E-state index is 0.0326. The van der Waals surface area contributed by atoms with Crippen LogP contribution >= 0.6 is 0 Å². The summed E-state index contributed by atoms with van der Waals surface area (Å²) in [5.41, 5.74) is 0.382. The Morgan fingerprint density at radius 1 is 1.12 bits per heavy atom. The van der Waals surface area contributed by atoms with Gasteiger partial charge >= 0.3 is 6.09 Å². The maximum absolute atomic E-state index is 12.3. The minimum Gasteiger partial charge on any atom is -0.444 e. The van der Waals surface area contributed by atoms with E-state index in [0.29, 0.717) is 37.8 Å². The lowest BCUT2D eigenvalue weighted by molar-refractivity contribution is 0.0198. The van der Waals surface area contributed by atoms with Crippen LogP contribution in [-0.4, -0.2) is 68.5 Å². The molecule has 4 rings (SSSR count). The highest BCUT2D eigenvalue weighted by atomic mass is 16.6. The van der Waals surface area contributed by atoms with Crippen LogP contribution in [0.2, 0.25) is 0 Å². The fraction of sp³-hybridized carbons (Fsp3) is 0.435. The molecule has 0 bridgehead atoms. The smallest absolute Gasteiger partial charge is 0.410 e. The molecule has 0 saturated carbocycles. The van der Waals surface area contributed by atoms with Crippen LogP contribution in [0.4, 0.5) is 22.4 Å². The van der Waals surface area contributed by atoms with Gasteiger partial charge in [-0.15, -0.1) is 0 Å². The molecule has 0 N–H and O–H groups in total. The Morgan fingerprint density at radius 3 is 2.47 bits per heavy atom. The lowest BCUT2D eigenvalue weighted by Gasteiger charge is -2.32. The van der Waals surface area contributed by atoms with Gasteiger partial charge in [0.25, 0.3) is 5.95 Å². The minimum atomic E-state index is -0.521. The largest absolute Gasteiger partial charge is 0.444 e. The maximum atomic E-state index is 12.3. The van der Waals surface area contributed by atoms with Crippen molar-refractivity contribution in [3.05, 3.63) is 36.2 Å². The summed E-state index contributed by atoms with van der Waals surface area (Å²) in [6, 6.07) is 9.69. The SMILES string of the molecule is C=Nc1nc(-c2noc(C3CCN(C(=O)OC(C)(C)C)CC3)n2)nc(N(C)c2ccccc2)n1. The van der Waals surface area contributed by atoms with E-state index in [1.54, 1.807) is 4.90 Å². The number of rotatable bonds is 5. The molecule has 0 atom stereocenters. The molecule has 178 valence electrons. The Kier molecular flexibility index (Phi) is 6.53. The van der Waals surface area contributed by atoms with Crippen LogP contribution < -0.4 is 4.90 Å².